The molecule has 0 fully saturated rings. The van der Waals surface area contributed by atoms with Gasteiger partial charge in [0.25, 0.3) is 0 Å². The van der Waals surface area contributed by atoms with E-state index in [1.165, 1.54) is 0 Å². The smallest absolute Gasteiger partial charge is 0.137 e. The molecule has 1 heterocycles. The monoisotopic (exact) mass is 253 g/mol. The third-order valence-electron chi connectivity index (χ3n) is 2.13. The Morgan fingerprint density at radius 2 is 2.29 bits per heavy atom. The number of furan rings is 1. The number of hydrogen-bond acceptors (Lipinski definition) is 2. The summed E-state index contributed by atoms with van der Waals surface area (Å²) in [7, 11) is 0. The average molecular weight is 254 g/mol. The predicted molar refractivity (Wildman–Crippen MR) is 61.3 cm³/mol. The zero-order valence-electron chi connectivity index (χ0n) is 7.96. The van der Waals surface area contributed by atoms with Gasteiger partial charge in [0.2, 0.25) is 0 Å². The second-order valence-corrected chi connectivity index (χ2v) is 4.50. The first-order valence-electron chi connectivity index (χ1n) is 4.58. The molecule has 0 saturated heterocycles. The lowest BCUT2D eigenvalue weighted by Gasteiger charge is -2.06. The molecule has 0 saturated carbocycles. The van der Waals surface area contributed by atoms with Gasteiger partial charge in [0, 0.05) is 15.9 Å². The van der Waals surface area contributed by atoms with Gasteiger partial charge in [-0.2, -0.15) is 0 Å². The van der Waals surface area contributed by atoms with E-state index < -0.39 is 0 Å². The predicted octanol–water partition coefficient (Wildman–Crippen LogP) is 3.09. The highest BCUT2D eigenvalue weighted by Crippen LogP contribution is 2.25. The van der Waals surface area contributed by atoms with E-state index in [0.29, 0.717) is 0 Å². The van der Waals surface area contributed by atoms with Crippen LogP contribution >= 0.6 is 15.9 Å². The van der Waals surface area contributed by atoms with Crippen LogP contribution in [0.2, 0.25) is 0 Å². The van der Waals surface area contributed by atoms with Crippen LogP contribution < -0.4 is 5.73 Å². The minimum atomic E-state index is 0.151. The van der Waals surface area contributed by atoms with Crippen molar-refractivity contribution >= 4 is 26.9 Å². The topological polar surface area (TPSA) is 39.2 Å². The molecule has 14 heavy (non-hydrogen) atoms. The normalized spacial score (nSPS) is 13.4. The summed E-state index contributed by atoms with van der Waals surface area (Å²) in [6, 6.07) is 6.22. The molecule has 2 nitrogen and oxygen atoms in total. The maximum Gasteiger partial charge on any atom is 0.137 e. The molecular formula is C11H12BrNO. The Morgan fingerprint density at radius 1 is 1.50 bits per heavy atom. The Morgan fingerprint density at radius 3 is 3.00 bits per heavy atom. The van der Waals surface area contributed by atoms with Crippen LogP contribution in [0.4, 0.5) is 0 Å². The molecule has 1 aromatic carbocycles. The van der Waals surface area contributed by atoms with E-state index in [9.17, 15) is 0 Å². The fourth-order valence-corrected chi connectivity index (χ4v) is 2.14. The number of fused-ring (bicyclic) bond motifs is 1. The summed E-state index contributed by atoms with van der Waals surface area (Å²) in [5, 5.41) is 1.12. The van der Waals surface area contributed by atoms with Gasteiger partial charge in [-0.3, -0.25) is 0 Å². The highest BCUT2D eigenvalue weighted by molar-refractivity contribution is 9.10. The molecule has 2 N–H and O–H groups in total. The molecule has 1 atom stereocenters. The molecule has 0 aliphatic heterocycles. The van der Waals surface area contributed by atoms with E-state index in [0.717, 1.165) is 27.4 Å². The summed E-state index contributed by atoms with van der Waals surface area (Å²) in [5.74, 6) is 0. The summed E-state index contributed by atoms with van der Waals surface area (Å²) in [6.07, 6.45) is 2.55. The van der Waals surface area contributed by atoms with Crippen molar-refractivity contribution in [2.45, 2.75) is 19.4 Å². The fraction of sp³-hybridized carbons (Fsp3) is 0.273. The van der Waals surface area contributed by atoms with Gasteiger partial charge in [0.1, 0.15) is 5.58 Å². The van der Waals surface area contributed by atoms with Gasteiger partial charge in [-0.05, 0) is 37.1 Å². The minimum Gasteiger partial charge on any atom is -0.464 e. The summed E-state index contributed by atoms with van der Waals surface area (Å²) in [6.45, 7) is 2.00. The first kappa shape index (κ1) is 9.74. The summed E-state index contributed by atoms with van der Waals surface area (Å²) < 4.78 is 6.50. The van der Waals surface area contributed by atoms with Gasteiger partial charge in [-0.1, -0.05) is 15.9 Å². The number of rotatable bonds is 2. The second-order valence-electron chi connectivity index (χ2n) is 3.59. The lowest BCUT2D eigenvalue weighted by Crippen LogP contribution is -2.17. The molecule has 2 aromatic rings. The lowest BCUT2D eigenvalue weighted by molar-refractivity contribution is 0.606. The van der Waals surface area contributed by atoms with Crippen LogP contribution in [0, 0.1) is 0 Å². The van der Waals surface area contributed by atoms with Gasteiger partial charge in [0.05, 0.1) is 6.26 Å². The maximum atomic E-state index is 5.78. The van der Waals surface area contributed by atoms with Crippen molar-refractivity contribution in [1.29, 1.82) is 0 Å². The molecule has 0 bridgehead atoms. The highest BCUT2D eigenvalue weighted by Gasteiger charge is 2.07. The molecule has 2 rings (SSSR count). The van der Waals surface area contributed by atoms with Crippen LogP contribution in [0.15, 0.2) is 33.4 Å². The summed E-state index contributed by atoms with van der Waals surface area (Å²) in [5.41, 5.74) is 7.89. The molecule has 74 valence electrons. The first-order valence-corrected chi connectivity index (χ1v) is 5.37. The van der Waals surface area contributed by atoms with Gasteiger partial charge in [0.15, 0.2) is 0 Å². The molecule has 0 aliphatic rings. The fourth-order valence-electron chi connectivity index (χ4n) is 1.61. The number of benzene rings is 1. The van der Waals surface area contributed by atoms with Crippen LogP contribution in [0.25, 0.3) is 11.0 Å². The second kappa shape index (κ2) is 3.75. The molecule has 0 amide bonds. The first-order chi connectivity index (χ1) is 6.66. The van der Waals surface area contributed by atoms with E-state index in [1.807, 2.05) is 19.1 Å². The highest BCUT2D eigenvalue weighted by atomic mass is 79.9. The Hall–Kier alpha value is -0.800. The van der Waals surface area contributed by atoms with Crippen LogP contribution in [0.5, 0.6) is 0 Å². The van der Waals surface area contributed by atoms with Crippen LogP contribution in [0.3, 0.4) is 0 Å². The molecule has 3 heteroatoms. The number of halogens is 1. The van der Waals surface area contributed by atoms with Gasteiger partial charge >= 0.3 is 0 Å². The van der Waals surface area contributed by atoms with E-state index >= 15 is 0 Å². The standard InChI is InChI=1S/C11H12BrNO/c1-7(13)4-9-6-10(12)5-8-2-3-14-11(8)9/h2-3,5-7H,4,13H2,1H3. The quantitative estimate of drug-likeness (QED) is 0.894. The van der Waals surface area contributed by atoms with E-state index in [1.54, 1.807) is 6.26 Å². The molecule has 0 spiro atoms. The minimum absolute atomic E-state index is 0.151. The molecular weight excluding hydrogens is 242 g/mol. The van der Waals surface area contributed by atoms with Gasteiger partial charge in [-0.15, -0.1) is 0 Å². The Kier molecular flexibility index (Phi) is 2.61. The van der Waals surface area contributed by atoms with Crippen molar-refractivity contribution in [1.82, 2.24) is 0 Å². The Labute approximate surface area is 91.2 Å². The number of hydrogen-bond donors (Lipinski definition) is 1. The Bertz CT molecular complexity index is 447. The van der Waals surface area contributed by atoms with Crippen LogP contribution in [-0.2, 0) is 6.42 Å². The van der Waals surface area contributed by atoms with E-state index in [4.69, 9.17) is 10.2 Å². The van der Waals surface area contributed by atoms with Gasteiger partial charge in [-0.25, -0.2) is 0 Å². The van der Waals surface area contributed by atoms with Crippen molar-refractivity contribution in [2.75, 3.05) is 0 Å². The SMILES string of the molecule is CC(N)Cc1cc(Br)cc2ccoc12. The van der Waals surface area contributed by atoms with Crippen molar-refractivity contribution in [3.8, 4) is 0 Å². The Balaban J connectivity index is 2.55. The number of nitrogens with two attached hydrogens (primary N) is 1. The van der Waals surface area contributed by atoms with Crippen molar-refractivity contribution in [3.63, 3.8) is 0 Å². The third-order valence-corrected chi connectivity index (χ3v) is 2.59. The molecule has 1 aromatic heterocycles. The molecule has 0 radical (unpaired) electrons. The van der Waals surface area contributed by atoms with E-state index in [-0.39, 0.29) is 6.04 Å². The zero-order valence-corrected chi connectivity index (χ0v) is 9.54. The van der Waals surface area contributed by atoms with Gasteiger partial charge < -0.3 is 10.2 Å². The average Bonchev–Trinajstić information content (AvgIpc) is 2.50. The third kappa shape index (κ3) is 1.83. The lowest BCUT2D eigenvalue weighted by atomic mass is 10.1. The van der Waals surface area contributed by atoms with Crippen LogP contribution in [-0.4, -0.2) is 6.04 Å². The molecule has 1 unspecified atom stereocenters. The van der Waals surface area contributed by atoms with E-state index in [2.05, 4.69) is 22.0 Å². The van der Waals surface area contributed by atoms with Crippen molar-refractivity contribution in [3.05, 3.63) is 34.5 Å². The van der Waals surface area contributed by atoms with Crippen molar-refractivity contribution in [2.24, 2.45) is 5.73 Å². The summed E-state index contributed by atoms with van der Waals surface area (Å²) >= 11 is 3.48. The largest absolute Gasteiger partial charge is 0.464 e. The molecule has 0 aliphatic carbocycles. The van der Waals surface area contributed by atoms with Crippen molar-refractivity contribution < 1.29 is 4.42 Å². The van der Waals surface area contributed by atoms with Crippen LogP contribution in [0.1, 0.15) is 12.5 Å². The summed E-state index contributed by atoms with van der Waals surface area (Å²) in [4.78, 5) is 0. The maximum absolute atomic E-state index is 5.78. The zero-order chi connectivity index (χ0) is 10.1.